The van der Waals surface area contributed by atoms with Crippen LogP contribution >= 0.6 is 34.5 Å². The van der Waals surface area contributed by atoms with Gasteiger partial charge >= 0.3 is 0 Å². The Hall–Kier alpha value is -1.62. The SMILES string of the molecule is O=C(Nc1ccc(F)cc1)c1sc2cccc(Cl)c2c1Cl. The van der Waals surface area contributed by atoms with Gasteiger partial charge in [-0.15, -0.1) is 11.3 Å². The van der Waals surface area contributed by atoms with Crippen molar-refractivity contribution in [2.24, 2.45) is 0 Å². The predicted molar refractivity (Wildman–Crippen MR) is 86.2 cm³/mol. The highest BCUT2D eigenvalue weighted by Gasteiger charge is 2.18. The van der Waals surface area contributed by atoms with Gasteiger partial charge in [0, 0.05) is 15.8 Å². The quantitative estimate of drug-likeness (QED) is 0.646. The molecule has 1 N–H and O–H groups in total. The molecule has 0 saturated carbocycles. The average molecular weight is 340 g/mol. The lowest BCUT2D eigenvalue weighted by atomic mass is 10.2. The maximum atomic E-state index is 12.8. The number of rotatable bonds is 2. The zero-order valence-electron chi connectivity index (χ0n) is 10.5. The van der Waals surface area contributed by atoms with Gasteiger partial charge < -0.3 is 5.32 Å². The van der Waals surface area contributed by atoms with E-state index in [0.29, 0.717) is 26.0 Å². The summed E-state index contributed by atoms with van der Waals surface area (Å²) in [7, 11) is 0. The molecule has 3 aromatic rings. The fraction of sp³-hybridized carbons (Fsp3) is 0. The fourth-order valence-corrected chi connectivity index (χ4v) is 3.79. The molecule has 0 aliphatic carbocycles. The molecule has 0 spiro atoms. The number of benzene rings is 2. The number of amides is 1. The van der Waals surface area contributed by atoms with E-state index in [9.17, 15) is 9.18 Å². The number of anilines is 1. The van der Waals surface area contributed by atoms with Crippen LogP contribution in [-0.2, 0) is 0 Å². The molecule has 0 saturated heterocycles. The van der Waals surface area contributed by atoms with E-state index < -0.39 is 0 Å². The van der Waals surface area contributed by atoms with Gasteiger partial charge in [0.2, 0.25) is 0 Å². The third kappa shape index (κ3) is 2.75. The molecule has 1 heterocycles. The second-order valence-corrected chi connectivity index (χ2v) is 6.16. The third-order valence-corrected chi connectivity index (χ3v) is 4.87. The van der Waals surface area contributed by atoms with Gasteiger partial charge in [0.15, 0.2) is 0 Å². The smallest absolute Gasteiger partial charge is 0.267 e. The second-order valence-electron chi connectivity index (χ2n) is 4.32. The first-order valence-electron chi connectivity index (χ1n) is 5.99. The summed E-state index contributed by atoms with van der Waals surface area (Å²) in [4.78, 5) is 12.7. The van der Waals surface area contributed by atoms with E-state index in [0.717, 1.165) is 4.70 Å². The molecule has 3 rings (SSSR count). The zero-order chi connectivity index (χ0) is 15.0. The van der Waals surface area contributed by atoms with Crippen LogP contribution in [0.4, 0.5) is 10.1 Å². The number of carbonyl (C=O) groups excluding carboxylic acids is 1. The van der Waals surface area contributed by atoms with Crippen molar-refractivity contribution < 1.29 is 9.18 Å². The lowest BCUT2D eigenvalue weighted by molar-refractivity contribution is 0.103. The van der Waals surface area contributed by atoms with E-state index in [2.05, 4.69) is 5.32 Å². The summed E-state index contributed by atoms with van der Waals surface area (Å²) >= 11 is 13.6. The molecule has 0 unspecified atom stereocenters. The Morgan fingerprint density at radius 1 is 1.10 bits per heavy atom. The van der Waals surface area contributed by atoms with Crippen LogP contribution < -0.4 is 5.32 Å². The minimum Gasteiger partial charge on any atom is -0.321 e. The zero-order valence-corrected chi connectivity index (χ0v) is 12.8. The summed E-state index contributed by atoms with van der Waals surface area (Å²) < 4.78 is 13.7. The Bertz CT molecular complexity index is 830. The molecule has 106 valence electrons. The summed E-state index contributed by atoms with van der Waals surface area (Å²) in [5.74, 6) is -0.705. The van der Waals surface area contributed by atoms with E-state index in [1.807, 2.05) is 6.07 Å². The van der Waals surface area contributed by atoms with Crippen LogP contribution in [0.15, 0.2) is 42.5 Å². The Labute approximate surface area is 134 Å². The average Bonchev–Trinajstić information content (AvgIpc) is 2.80. The van der Waals surface area contributed by atoms with Gasteiger partial charge in [-0.25, -0.2) is 4.39 Å². The molecule has 2 aromatic carbocycles. The Morgan fingerprint density at radius 3 is 2.48 bits per heavy atom. The van der Waals surface area contributed by atoms with E-state index in [-0.39, 0.29) is 11.7 Å². The van der Waals surface area contributed by atoms with Gasteiger partial charge in [-0.05, 0) is 36.4 Å². The first-order valence-corrected chi connectivity index (χ1v) is 7.57. The van der Waals surface area contributed by atoms with Gasteiger partial charge in [-0.3, -0.25) is 4.79 Å². The van der Waals surface area contributed by atoms with Crippen LogP contribution in [0.25, 0.3) is 10.1 Å². The van der Waals surface area contributed by atoms with Gasteiger partial charge in [0.1, 0.15) is 10.7 Å². The van der Waals surface area contributed by atoms with Crippen LogP contribution in [-0.4, -0.2) is 5.91 Å². The number of hydrogen-bond acceptors (Lipinski definition) is 2. The maximum Gasteiger partial charge on any atom is 0.267 e. The van der Waals surface area contributed by atoms with E-state index in [1.165, 1.54) is 35.6 Å². The van der Waals surface area contributed by atoms with Gasteiger partial charge in [0.25, 0.3) is 5.91 Å². The monoisotopic (exact) mass is 339 g/mol. The minimum absolute atomic E-state index is 0.334. The first kappa shape index (κ1) is 14.3. The van der Waals surface area contributed by atoms with Crippen molar-refractivity contribution >= 4 is 56.2 Å². The normalized spacial score (nSPS) is 10.8. The van der Waals surface area contributed by atoms with E-state index in [1.54, 1.807) is 12.1 Å². The molecule has 1 amide bonds. The Balaban J connectivity index is 1.96. The highest BCUT2D eigenvalue weighted by molar-refractivity contribution is 7.21. The van der Waals surface area contributed by atoms with Gasteiger partial charge in [-0.1, -0.05) is 29.3 Å². The highest BCUT2D eigenvalue weighted by atomic mass is 35.5. The highest BCUT2D eigenvalue weighted by Crippen LogP contribution is 2.39. The van der Waals surface area contributed by atoms with Crippen molar-refractivity contribution in [3.8, 4) is 0 Å². The van der Waals surface area contributed by atoms with Crippen molar-refractivity contribution in [1.82, 2.24) is 0 Å². The largest absolute Gasteiger partial charge is 0.321 e. The van der Waals surface area contributed by atoms with Crippen molar-refractivity contribution in [3.05, 3.63) is 63.2 Å². The van der Waals surface area contributed by atoms with Crippen molar-refractivity contribution in [2.75, 3.05) is 5.32 Å². The first-order chi connectivity index (χ1) is 10.1. The van der Waals surface area contributed by atoms with Crippen molar-refractivity contribution in [3.63, 3.8) is 0 Å². The van der Waals surface area contributed by atoms with Crippen LogP contribution in [0, 0.1) is 5.82 Å². The molecule has 21 heavy (non-hydrogen) atoms. The van der Waals surface area contributed by atoms with Crippen LogP contribution in [0.3, 0.4) is 0 Å². The molecule has 0 fully saturated rings. The molecule has 0 aliphatic heterocycles. The van der Waals surface area contributed by atoms with Crippen molar-refractivity contribution in [2.45, 2.75) is 0 Å². The number of fused-ring (bicyclic) bond motifs is 1. The van der Waals surface area contributed by atoms with Crippen LogP contribution in [0.1, 0.15) is 9.67 Å². The Morgan fingerprint density at radius 2 is 1.81 bits per heavy atom. The molecule has 0 aliphatic rings. The second kappa shape index (κ2) is 5.64. The maximum absolute atomic E-state index is 12.8. The molecular formula is C15H8Cl2FNOS. The number of halogens is 3. The molecule has 1 aromatic heterocycles. The number of carbonyl (C=O) groups is 1. The number of thiophene rings is 1. The van der Waals surface area contributed by atoms with Crippen molar-refractivity contribution in [1.29, 1.82) is 0 Å². The molecule has 6 heteroatoms. The molecule has 0 radical (unpaired) electrons. The Kier molecular flexibility index (Phi) is 3.85. The topological polar surface area (TPSA) is 29.1 Å². The van der Waals surface area contributed by atoms with Gasteiger partial charge in [0.05, 0.1) is 10.0 Å². The summed E-state index contributed by atoms with van der Waals surface area (Å²) in [5.41, 5.74) is 0.501. The third-order valence-electron chi connectivity index (χ3n) is 2.91. The molecule has 0 atom stereocenters. The summed E-state index contributed by atoms with van der Waals surface area (Å²) in [6, 6.07) is 10.9. The summed E-state index contributed by atoms with van der Waals surface area (Å²) in [5, 5.41) is 4.20. The lowest BCUT2D eigenvalue weighted by Crippen LogP contribution is -2.10. The lowest BCUT2D eigenvalue weighted by Gasteiger charge is -2.03. The van der Waals surface area contributed by atoms with Crippen LogP contribution in [0.5, 0.6) is 0 Å². The standard InChI is InChI=1S/C15H8Cl2FNOS/c16-10-2-1-3-11-12(10)13(17)14(21-11)15(20)19-9-6-4-8(18)5-7-9/h1-7H,(H,19,20). The van der Waals surface area contributed by atoms with Crippen LogP contribution in [0.2, 0.25) is 10.0 Å². The number of nitrogens with one attached hydrogen (secondary N) is 1. The summed E-state index contributed by atoms with van der Waals surface area (Å²) in [6.07, 6.45) is 0. The predicted octanol–water partition coefficient (Wildman–Crippen LogP) is 5.60. The van der Waals surface area contributed by atoms with E-state index in [4.69, 9.17) is 23.2 Å². The number of hydrogen-bond donors (Lipinski definition) is 1. The molecular weight excluding hydrogens is 332 g/mol. The van der Waals surface area contributed by atoms with E-state index >= 15 is 0 Å². The van der Waals surface area contributed by atoms with Gasteiger partial charge in [-0.2, -0.15) is 0 Å². The fourth-order valence-electron chi connectivity index (χ4n) is 1.94. The molecule has 0 bridgehead atoms. The molecule has 2 nitrogen and oxygen atoms in total. The summed E-state index contributed by atoms with van der Waals surface area (Å²) in [6.45, 7) is 0. The minimum atomic E-state index is -0.361.